The summed E-state index contributed by atoms with van der Waals surface area (Å²) >= 11 is 0. The number of hydrogen-bond acceptors (Lipinski definition) is 2. The molecule has 2 unspecified atom stereocenters. The maximum absolute atomic E-state index is 6.33. The Labute approximate surface area is 127 Å². The van der Waals surface area contributed by atoms with Gasteiger partial charge in [-0.15, -0.1) is 0 Å². The highest BCUT2D eigenvalue weighted by Gasteiger charge is 2.31. The Balaban J connectivity index is 1.87. The summed E-state index contributed by atoms with van der Waals surface area (Å²) in [6.45, 7) is 6.47. The number of nitrogens with zero attached hydrogens (tertiary/aromatic N) is 1. The van der Waals surface area contributed by atoms with E-state index in [0.717, 1.165) is 19.5 Å². The quantitative estimate of drug-likeness (QED) is 0.918. The van der Waals surface area contributed by atoms with E-state index >= 15 is 0 Å². The third kappa shape index (κ3) is 2.74. The number of benzene rings is 2. The van der Waals surface area contributed by atoms with E-state index in [-0.39, 0.29) is 6.04 Å². The van der Waals surface area contributed by atoms with Crippen molar-refractivity contribution in [1.82, 2.24) is 4.90 Å². The average Bonchev–Trinajstić information content (AvgIpc) is 2.84. The summed E-state index contributed by atoms with van der Waals surface area (Å²) in [6.07, 6.45) is 1.03. The lowest BCUT2D eigenvalue weighted by Crippen LogP contribution is -2.27. The third-order valence-electron chi connectivity index (χ3n) is 4.71. The summed E-state index contributed by atoms with van der Waals surface area (Å²) in [5, 5.41) is 0. The van der Waals surface area contributed by atoms with Crippen LogP contribution in [0.15, 0.2) is 48.5 Å². The van der Waals surface area contributed by atoms with Crippen LogP contribution in [0.3, 0.4) is 0 Å². The van der Waals surface area contributed by atoms with Gasteiger partial charge in [-0.1, -0.05) is 55.5 Å². The summed E-state index contributed by atoms with van der Waals surface area (Å²) in [7, 11) is 0. The van der Waals surface area contributed by atoms with E-state index in [2.05, 4.69) is 67.3 Å². The molecule has 0 radical (unpaired) electrons. The first-order valence-corrected chi connectivity index (χ1v) is 7.83. The lowest BCUT2D eigenvalue weighted by molar-refractivity contribution is 0.193. The van der Waals surface area contributed by atoms with Gasteiger partial charge in [0.25, 0.3) is 0 Å². The highest BCUT2D eigenvalue weighted by molar-refractivity contribution is 5.37. The van der Waals surface area contributed by atoms with Gasteiger partial charge in [0, 0.05) is 18.6 Å². The van der Waals surface area contributed by atoms with E-state index in [4.69, 9.17) is 5.73 Å². The highest BCUT2D eigenvalue weighted by atomic mass is 15.2. The number of rotatable bonds is 4. The predicted octanol–water partition coefficient (Wildman–Crippen LogP) is 3.96. The molecule has 0 saturated heterocycles. The molecule has 21 heavy (non-hydrogen) atoms. The smallest absolute Gasteiger partial charge is 0.0372 e. The van der Waals surface area contributed by atoms with Crippen LogP contribution in [0.5, 0.6) is 0 Å². The van der Waals surface area contributed by atoms with Crippen molar-refractivity contribution in [3.63, 3.8) is 0 Å². The van der Waals surface area contributed by atoms with E-state index in [0.29, 0.717) is 6.04 Å². The first-order chi connectivity index (χ1) is 10.2. The van der Waals surface area contributed by atoms with Crippen molar-refractivity contribution in [2.75, 3.05) is 6.54 Å². The van der Waals surface area contributed by atoms with E-state index in [1.165, 1.54) is 22.3 Å². The van der Waals surface area contributed by atoms with Crippen molar-refractivity contribution < 1.29 is 0 Å². The van der Waals surface area contributed by atoms with Gasteiger partial charge in [0.05, 0.1) is 0 Å². The molecule has 0 heterocycles. The first kappa shape index (κ1) is 14.3. The molecule has 2 aromatic rings. The molecule has 0 bridgehead atoms. The zero-order valence-corrected chi connectivity index (χ0v) is 12.9. The molecule has 3 rings (SSSR count). The molecule has 2 aromatic carbocycles. The van der Waals surface area contributed by atoms with Crippen molar-refractivity contribution in [3.8, 4) is 0 Å². The lowest BCUT2D eigenvalue weighted by Gasteiger charge is -2.29. The Kier molecular flexibility index (Phi) is 4.09. The Morgan fingerprint density at radius 3 is 2.43 bits per heavy atom. The van der Waals surface area contributed by atoms with Crippen molar-refractivity contribution >= 4 is 0 Å². The highest BCUT2D eigenvalue weighted by Crippen LogP contribution is 2.41. The minimum atomic E-state index is 0.178. The summed E-state index contributed by atoms with van der Waals surface area (Å²) in [6, 6.07) is 17.9. The molecule has 110 valence electrons. The van der Waals surface area contributed by atoms with Gasteiger partial charge in [0.15, 0.2) is 0 Å². The second-order valence-electron chi connectivity index (χ2n) is 5.98. The zero-order chi connectivity index (χ0) is 14.8. The minimum Gasteiger partial charge on any atom is -0.324 e. The van der Waals surface area contributed by atoms with Gasteiger partial charge in [-0.3, -0.25) is 4.90 Å². The number of fused-ring (bicyclic) bond motifs is 1. The normalized spacial score (nSPS) is 20.8. The van der Waals surface area contributed by atoms with E-state index in [9.17, 15) is 0 Å². The number of aryl methyl sites for hydroxylation is 1. The number of nitrogens with two attached hydrogens (primary N) is 1. The standard InChI is InChI=1S/C19H24N2/c1-3-21(13-15-9-5-4-8-14(15)2)19-12-18(20)16-10-6-7-11-17(16)19/h4-11,18-19H,3,12-13,20H2,1-2H3. The SMILES string of the molecule is CCN(Cc1ccccc1C)C1CC(N)c2ccccc21. The zero-order valence-electron chi connectivity index (χ0n) is 12.9. The molecule has 0 aliphatic heterocycles. The molecule has 0 amide bonds. The van der Waals surface area contributed by atoms with Crippen molar-refractivity contribution in [1.29, 1.82) is 0 Å². The van der Waals surface area contributed by atoms with Crippen LogP contribution in [0, 0.1) is 6.92 Å². The molecular weight excluding hydrogens is 256 g/mol. The fourth-order valence-electron chi connectivity index (χ4n) is 3.44. The Bertz CT molecular complexity index is 620. The third-order valence-corrected chi connectivity index (χ3v) is 4.71. The molecule has 2 atom stereocenters. The number of hydrogen-bond donors (Lipinski definition) is 1. The molecule has 0 spiro atoms. The van der Waals surface area contributed by atoms with Crippen LogP contribution in [-0.2, 0) is 6.54 Å². The molecule has 2 N–H and O–H groups in total. The summed E-state index contributed by atoms with van der Waals surface area (Å²) < 4.78 is 0. The molecule has 0 fully saturated rings. The largest absolute Gasteiger partial charge is 0.324 e. The maximum Gasteiger partial charge on any atom is 0.0372 e. The van der Waals surface area contributed by atoms with Crippen LogP contribution >= 0.6 is 0 Å². The van der Waals surface area contributed by atoms with Crippen LogP contribution in [0.1, 0.15) is 47.7 Å². The van der Waals surface area contributed by atoms with Crippen LogP contribution in [0.25, 0.3) is 0 Å². The van der Waals surface area contributed by atoms with Crippen LogP contribution in [0.4, 0.5) is 0 Å². The van der Waals surface area contributed by atoms with E-state index in [1.54, 1.807) is 0 Å². The second kappa shape index (κ2) is 6.00. The predicted molar refractivity (Wildman–Crippen MR) is 88.0 cm³/mol. The molecule has 1 aliphatic rings. The van der Waals surface area contributed by atoms with Gasteiger partial charge in [0.1, 0.15) is 0 Å². The van der Waals surface area contributed by atoms with Gasteiger partial charge in [-0.2, -0.15) is 0 Å². The van der Waals surface area contributed by atoms with Crippen LogP contribution in [0.2, 0.25) is 0 Å². The van der Waals surface area contributed by atoms with Crippen molar-refractivity contribution in [2.45, 2.75) is 38.9 Å². The van der Waals surface area contributed by atoms with Gasteiger partial charge in [0.2, 0.25) is 0 Å². The molecular formula is C19H24N2. The molecule has 0 aromatic heterocycles. The average molecular weight is 280 g/mol. The Hall–Kier alpha value is -1.64. The van der Waals surface area contributed by atoms with Crippen LogP contribution < -0.4 is 5.73 Å². The van der Waals surface area contributed by atoms with Gasteiger partial charge in [-0.05, 0) is 42.1 Å². The van der Waals surface area contributed by atoms with Gasteiger partial charge < -0.3 is 5.73 Å². The molecule has 1 aliphatic carbocycles. The fourth-order valence-corrected chi connectivity index (χ4v) is 3.44. The minimum absolute atomic E-state index is 0.178. The monoisotopic (exact) mass is 280 g/mol. The summed E-state index contributed by atoms with van der Waals surface area (Å²) in [5.41, 5.74) is 11.8. The summed E-state index contributed by atoms with van der Waals surface area (Å²) in [4.78, 5) is 2.55. The van der Waals surface area contributed by atoms with Gasteiger partial charge >= 0.3 is 0 Å². The molecule has 0 saturated carbocycles. The lowest BCUT2D eigenvalue weighted by atomic mass is 10.0. The maximum atomic E-state index is 6.33. The topological polar surface area (TPSA) is 29.3 Å². The summed E-state index contributed by atoms with van der Waals surface area (Å²) in [5.74, 6) is 0. The Morgan fingerprint density at radius 2 is 1.71 bits per heavy atom. The van der Waals surface area contributed by atoms with E-state index in [1.807, 2.05) is 0 Å². The second-order valence-corrected chi connectivity index (χ2v) is 5.98. The van der Waals surface area contributed by atoms with E-state index < -0.39 is 0 Å². The fraction of sp³-hybridized carbons (Fsp3) is 0.368. The first-order valence-electron chi connectivity index (χ1n) is 7.83. The molecule has 2 heteroatoms. The Morgan fingerprint density at radius 1 is 1.05 bits per heavy atom. The van der Waals surface area contributed by atoms with Crippen molar-refractivity contribution in [2.24, 2.45) is 5.73 Å². The molecule has 2 nitrogen and oxygen atoms in total. The van der Waals surface area contributed by atoms with Crippen LogP contribution in [-0.4, -0.2) is 11.4 Å². The van der Waals surface area contributed by atoms with Crippen molar-refractivity contribution in [3.05, 3.63) is 70.8 Å². The van der Waals surface area contributed by atoms with Gasteiger partial charge in [-0.25, -0.2) is 0 Å².